The van der Waals surface area contributed by atoms with Crippen LogP contribution in [0.4, 0.5) is 0 Å². The molecule has 7 heteroatoms. The van der Waals surface area contributed by atoms with Gasteiger partial charge in [-0.25, -0.2) is 8.42 Å². The van der Waals surface area contributed by atoms with E-state index in [9.17, 15) is 8.42 Å². The molecule has 0 aliphatic rings. The average molecular weight is 340 g/mol. The zero-order chi connectivity index (χ0) is 15.5. The van der Waals surface area contributed by atoms with Crippen molar-refractivity contribution in [3.63, 3.8) is 0 Å². The lowest BCUT2D eigenvalue weighted by molar-refractivity contribution is 0.469. The Balaban J connectivity index is 2.07. The molecule has 21 heavy (non-hydrogen) atoms. The van der Waals surface area contributed by atoms with E-state index in [0.717, 1.165) is 10.4 Å². The zero-order valence-electron chi connectivity index (χ0n) is 11.5. The molecule has 2 N–H and O–H groups in total. The van der Waals surface area contributed by atoms with Gasteiger partial charge in [0.05, 0.1) is 5.75 Å². The zero-order valence-corrected chi connectivity index (χ0v) is 14.0. The van der Waals surface area contributed by atoms with E-state index in [-0.39, 0.29) is 5.75 Å². The number of nitrogens with zero attached hydrogens (tertiary/aromatic N) is 1. The highest BCUT2D eigenvalue weighted by Gasteiger charge is 2.19. The Morgan fingerprint density at radius 2 is 1.95 bits per heavy atom. The van der Waals surface area contributed by atoms with Gasteiger partial charge in [-0.2, -0.15) is 4.31 Å². The van der Waals surface area contributed by atoms with Crippen LogP contribution in [0.2, 0.25) is 0 Å². The van der Waals surface area contributed by atoms with Crippen molar-refractivity contribution in [2.75, 3.05) is 7.05 Å². The molecule has 112 valence electrons. The monoisotopic (exact) mass is 340 g/mol. The summed E-state index contributed by atoms with van der Waals surface area (Å²) in [5.41, 5.74) is 6.97. The normalized spacial score (nSPS) is 11.7. The highest BCUT2D eigenvalue weighted by molar-refractivity contribution is 7.88. The van der Waals surface area contributed by atoms with Crippen LogP contribution in [0.5, 0.6) is 0 Å². The van der Waals surface area contributed by atoms with Gasteiger partial charge in [0.1, 0.15) is 4.99 Å². The minimum atomic E-state index is -3.35. The minimum absolute atomic E-state index is 0.0352. The third-order valence-electron chi connectivity index (χ3n) is 3.02. The van der Waals surface area contributed by atoms with Crippen LogP contribution in [0, 0.1) is 0 Å². The number of thiocarbonyl (C=S) groups is 1. The van der Waals surface area contributed by atoms with E-state index in [1.807, 2.05) is 17.5 Å². The Morgan fingerprint density at radius 1 is 1.29 bits per heavy atom. The molecule has 0 atom stereocenters. The van der Waals surface area contributed by atoms with Crippen LogP contribution < -0.4 is 5.73 Å². The maximum absolute atomic E-state index is 12.3. The molecule has 0 amide bonds. The van der Waals surface area contributed by atoms with Crippen molar-refractivity contribution in [1.29, 1.82) is 0 Å². The summed E-state index contributed by atoms with van der Waals surface area (Å²) >= 11 is 6.42. The Bertz CT molecular complexity index is 707. The van der Waals surface area contributed by atoms with Crippen LogP contribution in [-0.4, -0.2) is 24.8 Å². The van der Waals surface area contributed by atoms with Gasteiger partial charge in [0.15, 0.2) is 0 Å². The van der Waals surface area contributed by atoms with E-state index in [1.165, 1.54) is 4.31 Å². The lowest BCUT2D eigenvalue weighted by Crippen LogP contribution is -2.27. The summed E-state index contributed by atoms with van der Waals surface area (Å²) in [4.78, 5) is 1.32. The average Bonchev–Trinajstić information content (AvgIpc) is 2.91. The molecular formula is C14H16N2O2S3. The number of nitrogens with two attached hydrogens (primary N) is 1. The van der Waals surface area contributed by atoms with Gasteiger partial charge in [-0.1, -0.05) is 42.5 Å². The topological polar surface area (TPSA) is 63.4 Å². The molecule has 1 aromatic carbocycles. The summed E-state index contributed by atoms with van der Waals surface area (Å²) in [7, 11) is -1.75. The number of hydrogen-bond donors (Lipinski definition) is 1. The van der Waals surface area contributed by atoms with Gasteiger partial charge in [0, 0.05) is 24.0 Å². The van der Waals surface area contributed by atoms with E-state index in [2.05, 4.69) is 0 Å². The number of rotatable bonds is 6. The van der Waals surface area contributed by atoms with Crippen molar-refractivity contribution >= 4 is 38.6 Å². The van der Waals surface area contributed by atoms with Crippen LogP contribution in [0.25, 0.3) is 0 Å². The highest BCUT2D eigenvalue weighted by atomic mass is 32.2. The van der Waals surface area contributed by atoms with Gasteiger partial charge >= 0.3 is 0 Å². The first-order chi connectivity index (χ1) is 9.88. The van der Waals surface area contributed by atoms with E-state index in [0.29, 0.717) is 17.1 Å². The number of benzene rings is 1. The van der Waals surface area contributed by atoms with Gasteiger partial charge in [-0.15, -0.1) is 11.3 Å². The molecule has 0 spiro atoms. The van der Waals surface area contributed by atoms with Gasteiger partial charge in [-0.05, 0) is 17.0 Å². The molecule has 1 heterocycles. The summed E-state index contributed by atoms with van der Waals surface area (Å²) in [6.45, 7) is 0.394. The quantitative estimate of drug-likeness (QED) is 0.820. The predicted octanol–water partition coefficient (Wildman–Crippen LogP) is 2.34. The molecule has 0 aliphatic carbocycles. The molecule has 0 saturated carbocycles. The highest BCUT2D eigenvalue weighted by Crippen LogP contribution is 2.16. The fraction of sp³-hybridized carbons (Fsp3) is 0.214. The van der Waals surface area contributed by atoms with Crippen molar-refractivity contribution in [3.05, 3.63) is 57.8 Å². The summed E-state index contributed by atoms with van der Waals surface area (Å²) in [6.07, 6.45) is 0. The fourth-order valence-electron chi connectivity index (χ4n) is 1.81. The van der Waals surface area contributed by atoms with Crippen molar-refractivity contribution in [3.8, 4) is 0 Å². The maximum Gasteiger partial charge on any atom is 0.218 e. The SMILES string of the molecule is CN(Cc1cccs1)S(=O)(=O)Cc1ccc(C(N)=S)cc1. The summed E-state index contributed by atoms with van der Waals surface area (Å²) in [5, 5.41) is 1.93. The van der Waals surface area contributed by atoms with Crippen molar-refractivity contribution in [2.45, 2.75) is 12.3 Å². The molecule has 0 radical (unpaired) electrons. The van der Waals surface area contributed by atoms with Crippen molar-refractivity contribution in [2.24, 2.45) is 5.73 Å². The van der Waals surface area contributed by atoms with Crippen LogP contribution in [0.15, 0.2) is 41.8 Å². The van der Waals surface area contributed by atoms with Crippen LogP contribution in [-0.2, 0) is 22.3 Å². The Labute approximate surface area is 134 Å². The molecule has 0 bridgehead atoms. The van der Waals surface area contributed by atoms with Crippen LogP contribution >= 0.6 is 23.6 Å². The first-order valence-corrected chi connectivity index (χ1v) is 9.13. The van der Waals surface area contributed by atoms with Gasteiger partial charge in [-0.3, -0.25) is 0 Å². The first kappa shape index (κ1) is 16.1. The van der Waals surface area contributed by atoms with E-state index >= 15 is 0 Å². The number of hydrogen-bond acceptors (Lipinski definition) is 4. The molecule has 2 rings (SSSR count). The van der Waals surface area contributed by atoms with Gasteiger partial charge in [0.2, 0.25) is 10.0 Å². The van der Waals surface area contributed by atoms with Gasteiger partial charge in [0.25, 0.3) is 0 Å². The standard InChI is InChI=1S/C14H16N2O2S3/c1-16(9-13-3-2-8-20-13)21(17,18)10-11-4-6-12(7-5-11)14(15)19/h2-8H,9-10H2,1H3,(H2,15,19). The molecule has 0 aliphatic heterocycles. The molecule has 2 aromatic rings. The Morgan fingerprint density at radius 3 is 2.48 bits per heavy atom. The lowest BCUT2D eigenvalue weighted by atomic mass is 10.1. The molecule has 0 unspecified atom stereocenters. The lowest BCUT2D eigenvalue weighted by Gasteiger charge is -2.16. The molecule has 0 fully saturated rings. The van der Waals surface area contributed by atoms with Gasteiger partial charge < -0.3 is 5.73 Å². The smallest absolute Gasteiger partial charge is 0.218 e. The van der Waals surface area contributed by atoms with Crippen LogP contribution in [0.3, 0.4) is 0 Å². The number of sulfonamides is 1. The van der Waals surface area contributed by atoms with Crippen molar-refractivity contribution in [1.82, 2.24) is 4.31 Å². The van der Waals surface area contributed by atoms with Crippen molar-refractivity contribution < 1.29 is 8.42 Å². The summed E-state index contributed by atoms with van der Waals surface area (Å²) in [5.74, 6) is -0.0352. The van der Waals surface area contributed by atoms with E-state index in [4.69, 9.17) is 18.0 Å². The second-order valence-corrected chi connectivity index (χ2v) is 8.20. The first-order valence-electron chi connectivity index (χ1n) is 6.23. The fourth-order valence-corrected chi connectivity index (χ4v) is 3.95. The second-order valence-electron chi connectivity index (χ2n) is 4.65. The number of thiophene rings is 1. The molecular weight excluding hydrogens is 324 g/mol. The molecule has 1 aromatic heterocycles. The second kappa shape index (κ2) is 6.65. The summed E-state index contributed by atoms with van der Waals surface area (Å²) in [6, 6.07) is 10.8. The summed E-state index contributed by atoms with van der Waals surface area (Å²) < 4.78 is 26.0. The van der Waals surface area contributed by atoms with E-state index < -0.39 is 10.0 Å². The minimum Gasteiger partial charge on any atom is -0.389 e. The molecule has 4 nitrogen and oxygen atoms in total. The third kappa shape index (κ3) is 4.34. The van der Waals surface area contributed by atoms with Crippen LogP contribution in [0.1, 0.15) is 16.0 Å². The maximum atomic E-state index is 12.3. The Hall–Kier alpha value is -1.28. The Kier molecular flexibility index (Phi) is 5.10. The predicted molar refractivity (Wildman–Crippen MR) is 90.7 cm³/mol. The largest absolute Gasteiger partial charge is 0.389 e. The van der Waals surface area contributed by atoms with E-state index in [1.54, 1.807) is 42.6 Å². The molecule has 0 saturated heterocycles. The third-order valence-corrected chi connectivity index (χ3v) is 5.89.